The van der Waals surface area contributed by atoms with Crippen molar-refractivity contribution in [3.05, 3.63) is 32.7 Å². The highest BCUT2D eigenvalue weighted by Crippen LogP contribution is 2.23. The van der Waals surface area contributed by atoms with Crippen LogP contribution >= 0.6 is 15.9 Å². The molecule has 0 aliphatic rings. The first-order chi connectivity index (χ1) is 8.97. The minimum atomic E-state index is -0.919. The lowest BCUT2D eigenvalue weighted by Crippen LogP contribution is -2.03. The Hall–Kier alpha value is -1.89. The minimum Gasteiger partial charge on any atom is -0.481 e. The molecule has 0 radical (unpaired) electrons. The zero-order valence-electron chi connectivity index (χ0n) is 9.83. The number of Topliss-reactive ketones (excluding diaryl/α,β-unsaturated/α-hetero) is 1. The number of carboxylic acid groups (broad SMARTS) is 1. The number of hydrogen-bond acceptors (Lipinski definition) is 3. The molecule has 0 amide bonds. The van der Waals surface area contributed by atoms with Crippen LogP contribution in [0.1, 0.15) is 29.6 Å². The number of H-pyrrole nitrogens is 2. The van der Waals surface area contributed by atoms with E-state index in [1.54, 1.807) is 12.1 Å². The van der Waals surface area contributed by atoms with Crippen molar-refractivity contribution in [3.8, 4) is 0 Å². The predicted molar refractivity (Wildman–Crippen MR) is 72.4 cm³/mol. The lowest BCUT2D eigenvalue weighted by Gasteiger charge is -2.03. The first-order valence-electron chi connectivity index (χ1n) is 5.64. The average molecular weight is 327 g/mol. The Morgan fingerprint density at radius 2 is 1.79 bits per heavy atom. The lowest BCUT2D eigenvalue weighted by molar-refractivity contribution is -0.137. The van der Waals surface area contributed by atoms with Crippen LogP contribution < -0.4 is 5.69 Å². The van der Waals surface area contributed by atoms with Crippen LogP contribution in [0.5, 0.6) is 0 Å². The van der Waals surface area contributed by atoms with E-state index in [2.05, 4.69) is 25.9 Å². The number of rotatable bonds is 5. The zero-order chi connectivity index (χ0) is 14.0. The van der Waals surface area contributed by atoms with Gasteiger partial charge in [-0.3, -0.25) is 9.59 Å². The van der Waals surface area contributed by atoms with Gasteiger partial charge in [0.15, 0.2) is 5.78 Å². The number of imidazole rings is 1. The Morgan fingerprint density at radius 3 is 2.42 bits per heavy atom. The van der Waals surface area contributed by atoms with Gasteiger partial charge in [0.1, 0.15) is 0 Å². The van der Waals surface area contributed by atoms with E-state index in [9.17, 15) is 14.4 Å². The highest BCUT2D eigenvalue weighted by molar-refractivity contribution is 9.10. The first kappa shape index (κ1) is 13.5. The van der Waals surface area contributed by atoms with Crippen molar-refractivity contribution < 1.29 is 14.7 Å². The van der Waals surface area contributed by atoms with Crippen LogP contribution in [0.4, 0.5) is 0 Å². The van der Waals surface area contributed by atoms with Crippen LogP contribution in [0.2, 0.25) is 0 Å². The number of hydrogen-bond donors (Lipinski definition) is 3. The van der Waals surface area contributed by atoms with Crippen LogP contribution in [-0.4, -0.2) is 26.8 Å². The Labute approximate surface area is 116 Å². The van der Waals surface area contributed by atoms with Gasteiger partial charge in [0, 0.05) is 22.9 Å². The van der Waals surface area contributed by atoms with Gasteiger partial charge in [0.25, 0.3) is 0 Å². The van der Waals surface area contributed by atoms with E-state index in [-0.39, 0.29) is 24.3 Å². The van der Waals surface area contributed by atoms with E-state index in [4.69, 9.17) is 5.11 Å². The summed E-state index contributed by atoms with van der Waals surface area (Å²) in [5.74, 6) is -1.07. The maximum Gasteiger partial charge on any atom is 0.323 e. The van der Waals surface area contributed by atoms with Crippen LogP contribution in [0.15, 0.2) is 21.4 Å². The first-order valence-corrected chi connectivity index (χ1v) is 6.43. The third-order valence-corrected chi connectivity index (χ3v) is 3.35. The molecule has 2 rings (SSSR count). The summed E-state index contributed by atoms with van der Waals surface area (Å²) in [6.45, 7) is 0. The van der Waals surface area contributed by atoms with Gasteiger partial charge in [-0.2, -0.15) is 0 Å². The van der Waals surface area contributed by atoms with Crippen molar-refractivity contribution in [3.63, 3.8) is 0 Å². The Morgan fingerprint density at radius 1 is 1.16 bits per heavy atom. The van der Waals surface area contributed by atoms with Gasteiger partial charge in [0.05, 0.1) is 11.0 Å². The zero-order valence-corrected chi connectivity index (χ0v) is 11.4. The fourth-order valence-electron chi connectivity index (χ4n) is 1.80. The molecular formula is C12H11BrN2O4. The maximum atomic E-state index is 12.0. The van der Waals surface area contributed by atoms with Gasteiger partial charge in [-0.15, -0.1) is 0 Å². The summed E-state index contributed by atoms with van der Waals surface area (Å²) in [6.07, 6.45) is 0.417. The predicted octanol–water partition coefficient (Wildman–Crippen LogP) is 2.06. The number of aromatic amines is 2. The molecule has 2 aromatic rings. The lowest BCUT2D eigenvalue weighted by atomic mass is 10.0. The van der Waals surface area contributed by atoms with Crippen molar-refractivity contribution >= 4 is 38.7 Å². The largest absolute Gasteiger partial charge is 0.481 e. The fraction of sp³-hybridized carbons (Fsp3) is 0.250. The van der Waals surface area contributed by atoms with E-state index < -0.39 is 5.97 Å². The molecule has 0 spiro atoms. The second kappa shape index (κ2) is 5.40. The number of aliphatic carboxylic acids is 1. The van der Waals surface area contributed by atoms with Crippen LogP contribution in [0.3, 0.4) is 0 Å². The molecule has 0 fully saturated rings. The number of fused-ring (bicyclic) bond motifs is 1. The monoisotopic (exact) mass is 326 g/mol. The van der Waals surface area contributed by atoms with Crippen molar-refractivity contribution in [2.45, 2.75) is 19.3 Å². The number of carboxylic acids is 1. The van der Waals surface area contributed by atoms with Gasteiger partial charge in [-0.1, -0.05) is 0 Å². The minimum absolute atomic E-state index is 0.0351. The molecule has 0 unspecified atom stereocenters. The van der Waals surface area contributed by atoms with E-state index >= 15 is 0 Å². The summed E-state index contributed by atoms with van der Waals surface area (Å²) in [7, 11) is 0. The quantitative estimate of drug-likeness (QED) is 0.731. The summed E-state index contributed by atoms with van der Waals surface area (Å²) < 4.78 is 0.579. The molecule has 100 valence electrons. The number of carbonyl (C=O) groups is 2. The molecule has 0 aliphatic carbocycles. The van der Waals surface area contributed by atoms with Crippen molar-refractivity contribution in [1.82, 2.24) is 9.97 Å². The van der Waals surface area contributed by atoms with Gasteiger partial charge < -0.3 is 15.1 Å². The van der Waals surface area contributed by atoms with Gasteiger partial charge in [0.2, 0.25) is 0 Å². The summed E-state index contributed by atoms with van der Waals surface area (Å²) >= 11 is 3.28. The molecule has 7 heteroatoms. The summed E-state index contributed by atoms with van der Waals surface area (Å²) in [6, 6.07) is 3.23. The summed E-state index contributed by atoms with van der Waals surface area (Å²) in [5.41, 5.74) is 1.26. The van der Waals surface area contributed by atoms with E-state index in [0.29, 0.717) is 27.5 Å². The molecule has 0 atom stereocenters. The van der Waals surface area contributed by atoms with Crippen molar-refractivity contribution in [2.75, 3.05) is 0 Å². The van der Waals surface area contributed by atoms with Gasteiger partial charge >= 0.3 is 11.7 Å². The number of ketones is 1. The molecule has 1 aromatic carbocycles. The Balaban J connectivity index is 2.23. The average Bonchev–Trinajstić information content (AvgIpc) is 2.66. The van der Waals surface area contributed by atoms with Crippen LogP contribution in [0, 0.1) is 0 Å². The summed E-state index contributed by atoms with van der Waals surface area (Å²) in [4.78, 5) is 38.7. The summed E-state index contributed by atoms with van der Waals surface area (Å²) in [5, 5.41) is 8.53. The number of benzene rings is 1. The van der Waals surface area contributed by atoms with Crippen molar-refractivity contribution in [2.24, 2.45) is 0 Å². The number of aromatic nitrogens is 2. The fourth-order valence-corrected chi connectivity index (χ4v) is 2.37. The second-order valence-electron chi connectivity index (χ2n) is 4.13. The molecule has 0 bridgehead atoms. The standard InChI is InChI=1S/C12H11BrN2O4/c13-7-5-9-8(14-12(19)15-9)4-6(7)10(16)2-1-3-11(17)18/h4-5H,1-3H2,(H,17,18)(H2,14,15,19). The highest BCUT2D eigenvalue weighted by Gasteiger charge is 2.13. The molecule has 1 aromatic heterocycles. The third-order valence-electron chi connectivity index (χ3n) is 2.70. The van der Waals surface area contributed by atoms with Crippen LogP contribution in [0.25, 0.3) is 11.0 Å². The smallest absolute Gasteiger partial charge is 0.323 e. The number of carbonyl (C=O) groups excluding carboxylic acids is 1. The molecule has 6 nitrogen and oxygen atoms in total. The molecule has 0 aliphatic heterocycles. The molecule has 19 heavy (non-hydrogen) atoms. The second-order valence-corrected chi connectivity index (χ2v) is 4.98. The Kier molecular flexibility index (Phi) is 3.84. The van der Waals surface area contributed by atoms with Gasteiger partial charge in [-0.05, 0) is 34.5 Å². The number of halogens is 1. The highest BCUT2D eigenvalue weighted by atomic mass is 79.9. The van der Waals surface area contributed by atoms with Crippen LogP contribution in [-0.2, 0) is 4.79 Å². The van der Waals surface area contributed by atoms with E-state index in [0.717, 1.165) is 0 Å². The van der Waals surface area contributed by atoms with E-state index in [1.807, 2.05) is 0 Å². The Bertz CT molecular complexity index is 701. The SMILES string of the molecule is O=C(O)CCCC(=O)c1cc2[nH]c(=O)[nH]c2cc1Br. The normalized spacial score (nSPS) is 10.8. The molecular weight excluding hydrogens is 316 g/mol. The molecule has 0 saturated carbocycles. The molecule has 0 saturated heterocycles. The third kappa shape index (κ3) is 3.11. The topological polar surface area (TPSA) is 103 Å². The van der Waals surface area contributed by atoms with Crippen molar-refractivity contribution in [1.29, 1.82) is 0 Å². The van der Waals surface area contributed by atoms with Gasteiger partial charge in [-0.25, -0.2) is 4.79 Å². The molecule has 1 heterocycles. The molecule has 3 N–H and O–H groups in total. The number of nitrogens with one attached hydrogen (secondary N) is 2. The van der Waals surface area contributed by atoms with E-state index in [1.165, 1.54) is 0 Å². The maximum absolute atomic E-state index is 12.0.